The molecular formula is C23H18ClN3O4. The van der Waals surface area contributed by atoms with Gasteiger partial charge in [-0.3, -0.25) is 9.59 Å². The van der Waals surface area contributed by atoms with Crippen LogP contribution >= 0.6 is 11.6 Å². The Morgan fingerprint density at radius 1 is 0.935 bits per heavy atom. The molecule has 156 valence electrons. The topological polar surface area (TPSA) is 96.9 Å². The summed E-state index contributed by atoms with van der Waals surface area (Å²) in [5.74, 6) is -2.12. The highest BCUT2D eigenvalue weighted by atomic mass is 35.5. The van der Waals surface area contributed by atoms with Crippen LogP contribution in [-0.4, -0.2) is 24.0 Å². The van der Waals surface area contributed by atoms with Crippen molar-refractivity contribution in [3.05, 3.63) is 94.5 Å². The van der Waals surface area contributed by atoms with E-state index in [1.54, 1.807) is 66.7 Å². The third-order valence-corrected chi connectivity index (χ3v) is 4.31. The van der Waals surface area contributed by atoms with Gasteiger partial charge in [0.2, 0.25) is 0 Å². The molecule has 0 spiro atoms. The molecule has 0 bridgehead atoms. The number of carbonyl (C=O) groups excluding carboxylic acids is 3. The molecule has 2 amide bonds. The summed E-state index contributed by atoms with van der Waals surface area (Å²) in [6, 6.07) is 20.0. The molecule has 0 unspecified atom stereocenters. The fourth-order valence-corrected chi connectivity index (χ4v) is 2.67. The number of aryl methyl sites for hydroxylation is 1. The molecule has 7 nitrogen and oxygen atoms in total. The SMILES string of the molecule is Cc1cccc(NC(=O)C(=O)N/N=C\c2ccccc2OC(=O)c2ccc(Cl)cc2)c1. The number of halogens is 1. The van der Waals surface area contributed by atoms with Crippen LogP contribution in [0.3, 0.4) is 0 Å². The molecule has 3 rings (SSSR count). The van der Waals surface area contributed by atoms with E-state index in [4.69, 9.17) is 16.3 Å². The molecule has 0 heterocycles. The average molecular weight is 436 g/mol. The molecule has 0 radical (unpaired) electrons. The average Bonchev–Trinajstić information content (AvgIpc) is 2.75. The van der Waals surface area contributed by atoms with Crippen molar-refractivity contribution in [3.8, 4) is 5.75 Å². The Balaban J connectivity index is 1.62. The molecular weight excluding hydrogens is 418 g/mol. The molecule has 0 atom stereocenters. The summed E-state index contributed by atoms with van der Waals surface area (Å²) in [6.45, 7) is 1.87. The van der Waals surface area contributed by atoms with E-state index in [0.717, 1.165) is 5.56 Å². The predicted octanol–water partition coefficient (Wildman–Crippen LogP) is 3.96. The minimum atomic E-state index is -0.937. The highest BCUT2D eigenvalue weighted by molar-refractivity contribution is 6.39. The fourth-order valence-electron chi connectivity index (χ4n) is 2.55. The van der Waals surface area contributed by atoms with Gasteiger partial charge in [0.1, 0.15) is 5.75 Å². The van der Waals surface area contributed by atoms with Crippen LogP contribution in [0.15, 0.2) is 77.9 Å². The van der Waals surface area contributed by atoms with Gasteiger partial charge < -0.3 is 10.1 Å². The first kappa shape index (κ1) is 21.7. The minimum Gasteiger partial charge on any atom is -0.422 e. The van der Waals surface area contributed by atoms with Crippen LogP contribution in [0, 0.1) is 6.92 Å². The first-order valence-corrected chi connectivity index (χ1v) is 9.58. The molecule has 2 N–H and O–H groups in total. The number of nitrogens with zero attached hydrogens (tertiary/aromatic N) is 1. The first-order chi connectivity index (χ1) is 14.9. The van der Waals surface area contributed by atoms with Crippen LogP contribution in [0.5, 0.6) is 5.75 Å². The van der Waals surface area contributed by atoms with E-state index in [1.807, 2.05) is 13.0 Å². The summed E-state index contributed by atoms with van der Waals surface area (Å²) in [5, 5.41) is 6.77. The van der Waals surface area contributed by atoms with Crippen LogP contribution in [0.25, 0.3) is 0 Å². The van der Waals surface area contributed by atoms with E-state index in [1.165, 1.54) is 6.21 Å². The number of nitrogens with one attached hydrogen (secondary N) is 2. The summed E-state index contributed by atoms with van der Waals surface area (Å²) in [7, 11) is 0. The second-order valence-corrected chi connectivity index (χ2v) is 6.89. The highest BCUT2D eigenvalue weighted by Crippen LogP contribution is 2.18. The number of anilines is 1. The Hall–Kier alpha value is -3.97. The number of ether oxygens (including phenoxy) is 1. The number of para-hydroxylation sites is 1. The summed E-state index contributed by atoms with van der Waals surface area (Å²) >= 11 is 5.83. The van der Waals surface area contributed by atoms with Crippen molar-refractivity contribution in [2.45, 2.75) is 6.92 Å². The molecule has 0 aliphatic rings. The smallest absolute Gasteiger partial charge is 0.343 e. The molecule has 31 heavy (non-hydrogen) atoms. The van der Waals surface area contributed by atoms with E-state index in [9.17, 15) is 14.4 Å². The zero-order valence-electron chi connectivity index (χ0n) is 16.5. The second-order valence-electron chi connectivity index (χ2n) is 6.46. The van der Waals surface area contributed by atoms with Gasteiger partial charge in [-0.25, -0.2) is 10.2 Å². The van der Waals surface area contributed by atoms with E-state index < -0.39 is 17.8 Å². The maximum atomic E-state index is 12.3. The molecule has 0 aliphatic carbocycles. The molecule has 0 aliphatic heterocycles. The Kier molecular flexibility index (Phi) is 7.13. The van der Waals surface area contributed by atoms with Crippen molar-refractivity contribution in [3.63, 3.8) is 0 Å². The van der Waals surface area contributed by atoms with E-state index in [0.29, 0.717) is 21.8 Å². The summed E-state index contributed by atoms with van der Waals surface area (Å²) in [5.41, 5.74) is 4.36. The van der Waals surface area contributed by atoms with Crippen molar-refractivity contribution in [2.75, 3.05) is 5.32 Å². The molecule has 0 saturated carbocycles. The van der Waals surface area contributed by atoms with Gasteiger partial charge in [0.15, 0.2) is 0 Å². The van der Waals surface area contributed by atoms with Crippen LogP contribution < -0.4 is 15.5 Å². The van der Waals surface area contributed by atoms with Gasteiger partial charge in [-0.2, -0.15) is 5.10 Å². The van der Waals surface area contributed by atoms with E-state index in [-0.39, 0.29) is 5.75 Å². The van der Waals surface area contributed by atoms with Gasteiger partial charge in [0.25, 0.3) is 0 Å². The van der Waals surface area contributed by atoms with Gasteiger partial charge in [-0.15, -0.1) is 0 Å². The second kappa shape index (κ2) is 10.2. The standard InChI is InChI=1S/C23H18ClN3O4/c1-15-5-4-7-19(13-15)26-21(28)22(29)27-25-14-17-6-2-3-8-20(17)31-23(30)16-9-11-18(24)12-10-16/h2-14H,1H3,(H,26,28)(H,27,29)/b25-14-. The molecule has 3 aromatic carbocycles. The van der Waals surface area contributed by atoms with E-state index in [2.05, 4.69) is 15.8 Å². The number of hydrogen-bond donors (Lipinski definition) is 2. The largest absolute Gasteiger partial charge is 0.422 e. The number of carbonyl (C=O) groups is 3. The van der Waals surface area contributed by atoms with Crippen molar-refractivity contribution in [1.82, 2.24) is 5.43 Å². The van der Waals surface area contributed by atoms with Crippen LogP contribution in [0.4, 0.5) is 5.69 Å². The molecule has 3 aromatic rings. The number of amides is 2. The Morgan fingerprint density at radius 3 is 2.42 bits per heavy atom. The van der Waals surface area contributed by atoms with Gasteiger partial charge in [-0.05, 0) is 61.0 Å². The lowest BCUT2D eigenvalue weighted by Crippen LogP contribution is -2.32. The van der Waals surface area contributed by atoms with Gasteiger partial charge >= 0.3 is 17.8 Å². The number of esters is 1. The number of rotatable bonds is 5. The highest BCUT2D eigenvalue weighted by Gasteiger charge is 2.14. The summed E-state index contributed by atoms with van der Waals surface area (Å²) in [4.78, 5) is 36.3. The monoisotopic (exact) mass is 435 g/mol. The zero-order valence-corrected chi connectivity index (χ0v) is 17.2. The third-order valence-electron chi connectivity index (χ3n) is 4.05. The predicted molar refractivity (Wildman–Crippen MR) is 118 cm³/mol. The number of benzene rings is 3. The van der Waals surface area contributed by atoms with E-state index >= 15 is 0 Å². The van der Waals surface area contributed by atoms with Gasteiger partial charge in [0.05, 0.1) is 11.8 Å². The quantitative estimate of drug-likeness (QED) is 0.208. The fraction of sp³-hybridized carbons (Fsp3) is 0.0435. The Labute approximate surface area is 183 Å². The van der Waals surface area contributed by atoms with Crippen molar-refractivity contribution in [1.29, 1.82) is 0 Å². The minimum absolute atomic E-state index is 0.240. The number of hydrazone groups is 1. The van der Waals surface area contributed by atoms with Gasteiger partial charge in [-0.1, -0.05) is 35.9 Å². The number of hydrogen-bond acceptors (Lipinski definition) is 5. The molecule has 0 aromatic heterocycles. The Morgan fingerprint density at radius 2 is 1.68 bits per heavy atom. The summed E-state index contributed by atoms with van der Waals surface area (Å²) < 4.78 is 5.40. The van der Waals surface area contributed by atoms with Crippen molar-refractivity contribution >= 4 is 41.3 Å². The summed E-state index contributed by atoms with van der Waals surface area (Å²) in [6.07, 6.45) is 1.28. The molecule has 0 fully saturated rings. The Bertz CT molecular complexity index is 1140. The van der Waals surface area contributed by atoms with Crippen molar-refractivity contribution < 1.29 is 19.1 Å². The van der Waals surface area contributed by atoms with Crippen LogP contribution in [0.1, 0.15) is 21.5 Å². The van der Waals surface area contributed by atoms with Crippen molar-refractivity contribution in [2.24, 2.45) is 5.10 Å². The maximum absolute atomic E-state index is 12.3. The third kappa shape index (κ3) is 6.25. The first-order valence-electron chi connectivity index (χ1n) is 9.20. The van der Waals surface area contributed by atoms with Crippen LogP contribution in [-0.2, 0) is 9.59 Å². The zero-order chi connectivity index (χ0) is 22.2. The lowest BCUT2D eigenvalue weighted by molar-refractivity contribution is -0.136. The lowest BCUT2D eigenvalue weighted by Gasteiger charge is -2.07. The maximum Gasteiger partial charge on any atom is 0.343 e. The molecule has 0 saturated heterocycles. The lowest BCUT2D eigenvalue weighted by atomic mass is 10.2. The van der Waals surface area contributed by atoms with Crippen LogP contribution in [0.2, 0.25) is 5.02 Å². The molecule has 8 heteroatoms. The van der Waals surface area contributed by atoms with Gasteiger partial charge in [0, 0.05) is 16.3 Å². The normalized spacial score (nSPS) is 10.5.